The largest absolute Gasteiger partial charge is 0.508 e. The van der Waals surface area contributed by atoms with Crippen LogP contribution in [-0.4, -0.2) is 61.5 Å². The second-order valence-electron chi connectivity index (χ2n) is 9.09. The van der Waals surface area contributed by atoms with Crippen molar-refractivity contribution in [2.75, 3.05) is 19.7 Å². The monoisotopic (exact) mass is 464 g/mol. The summed E-state index contributed by atoms with van der Waals surface area (Å²) < 4.78 is 35.6. The van der Waals surface area contributed by atoms with Gasteiger partial charge in [0.1, 0.15) is 29.7 Å². The molecule has 0 amide bonds. The van der Waals surface area contributed by atoms with E-state index in [9.17, 15) is 14.6 Å². The molecule has 4 aromatic rings. The Morgan fingerprint density at radius 2 is 2.00 bits per heavy atom. The minimum Gasteiger partial charge on any atom is -0.508 e. The predicted octanol–water partition coefficient (Wildman–Crippen LogP) is 4.35. The van der Waals surface area contributed by atoms with Crippen LogP contribution in [0.15, 0.2) is 42.6 Å². The lowest BCUT2D eigenvalue weighted by molar-refractivity contribution is 0.107. The predicted molar refractivity (Wildman–Crippen MR) is 122 cm³/mol. The van der Waals surface area contributed by atoms with Crippen LogP contribution in [-0.2, 0) is 0 Å². The fourth-order valence-corrected chi connectivity index (χ4v) is 5.41. The number of ether oxygens (including phenoxy) is 1. The standard InChI is InChI=1S/C25H22F2N4O3/c26-15-10-25(6-3-7-31(25)12-15)13-34-24-29-22-19(23(33)30-24)11-28-21(20(22)27)18-9-16(32)8-14-4-1-2-5-17(14)18/h1-2,4-5,8-9,11,15,32H,3,6-7,10,12-13H2,(H,29,30,33)/t15-,25+/m1/s1. The number of aromatic nitrogens is 3. The molecule has 2 fully saturated rings. The molecule has 2 aromatic heterocycles. The van der Waals surface area contributed by atoms with E-state index >= 15 is 4.39 Å². The van der Waals surface area contributed by atoms with E-state index in [0.717, 1.165) is 24.8 Å². The summed E-state index contributed by atoms with van der Waals surface area (Å²) in [6.07, 6.45) is 2.53. The van der Waals surface area contributed by atoms with Gasteiger partial charge in [0.25, 0.3) is 0 Å². The van der Waals surface area contributed by atoms with Crippen molar-refractivity contribution in [3.63, 3.8) is 0 Å². The Kier molecular flexibility index (Phi) is 4.77. The molecule has 0 bridgehead atoms. The molecule has 2 aliphatic rings. The van der Waals surface area contributed by atoms with Crippen LogP contribution in [0.1, 0.15) is 19.3 Å². The molecule has 0 spiro atoms. The van der Waals surface area contributed by atoms with Crippen molar-refractivity contribution in [2.45, 2.75) is 31.0 Å². The molecule has 9 heteroatoms. The van der Waals surface area contributed by atoms with E-state index in [2.05, 4.69) is 19.9 Å². The third-order valence-corrected chi connectivity index (χ3v) is 6.98. The van der Waals surface area contributed by atoms with Gasteiger partial charge in [-0.2, -0.15) is 9.97 Å². The van der Waals surface area contributed by atoms with Crippen LogP contribution in [0.5, 0.6) is 17.6 Å². The molecule has 2 saturated heterocycles. The highest BCUT2D eigenvalue weighted by Gasteiger charge is 2.49. The average molecular weight is 464 g/mol. The molecule has 6 rings (SSSR count). The smallest absolute Gasteiger partial charge is 0.320 e. The molecule has 2 aromatic carbocycles. The summed E-state index contributed by atoms with van der Waals surface area (Å²) >= 11 is 0. The Morgan fingerprint density at radius 1 is 1.15 bits per heavy atom. The molecule has 7 nitrogen and oxygen atoms in total. The Morgan fingerprint density at radius 3 is 2.88 bits per heavy atom. The second kappa shape index (κ2) is 7.73. The van der Waals surface area contributed by atoms with Gasteiger partial charge in [-0.05, 0) is 42.3 Å². The van der Waals surface area contributed by atoms with Gasteiger partial charge in [0, 0.05) is 24.7 Å². The summed E-state index contributed by atoms with van der Waals surface area (Å²) in [4.78, 5) is 14.5. The molecule has 2 N–H and O–H groups in total. The zero-order chi connectivity index (χ0) is 23.4. The number of aromatic hydroxyl groups is 2. The number of phenols is 1. The van der Waals surface area contributed by atoms with E-state index in [0.29, 0.717) is 23.9 Å². The number of hydrogen-bond acceptors (Lipinski definition) is 7. The molecule has 4 heterocycles. The van der Waals surface area contributed by atoms with Crippen LogP contribution in [0.4, 0.5) is 8.78 Å². The van der Waals surface area contributed by atoms with E-state index in [-0.39, 0.29) is 35.0 Å². The number of pyridine rings is 1. The van der Waals surface area contributed by atoms with Crippen molar-refractivity contribution >= 4 is 21.7 Å². The van der Waals surface area contributed by atoms with E-state index in [1.165, 1.54) is 12.3 Å². The van der Waals surface area contributed by atoms with E-state index < -0.39 is 23.4 Å². The number of nitrogens with zero attached hydrogens (tertiary/aromatic N) is 4. The van der Waals surface area contributed by atoms with Gasteiger partial charge in [0.15, 0.2) is 5.82 Å². The highest BCUT2D eigenvalue weighted by atomic mass is 19.1. The van der Waals surface area contributed by atoms with Gasteiger partial charge in [-0.25, -0.2) is 8.78 Å². The Bertz CT molecular complexity index is 1430. The topological polar surface area (TPSA) is 91.6 Å². The Labute approximate surface area is 193 Å². The number of alkyl halides is 1. The summed E-state index contributed by atoms with van der Waals surface area (Å²) in [6.45, 7) is 1.36. The van der Waals surface area contributed by atoms with Gasteiger partial charge in [-0.1, -0.05) is 24.3 Å². The maximum Gasteiger partial charge on any atom is 0.320 e. The van der Waals surface area contributed by atoms with E-state index in [1.54, 1.807) is 6.07 Å². The summed E-state index contributed by atoms with van der Waals surface area (Å²) in [5.74, 6) is -1.23. The van der Waals surface area contributed by atoms with Crippen LogP contribution >= 0.6 is 0 Å². The lowest BCUT2D eigenvalue weighted by atomic mass is 9.95. The highest BCUT2D eigenvalue weighted by Crippen LogP contribution is 2.41. The third-order valence-electron chi connectivity index (χ3n) is 6.98. The molecule has 0 aliphatic carbocycles. The van der Waals surface area contributed by atoms with Crippen molar-refractivity contribution < 1.29 is 23.7 Å². The number of phenolic OH excluding ortho intramolecular Hbond substituents is 1. The molecular formula is C25H22F2N4O3. The van der Waals surface area contributed by atoms with E-state index in [4.69, 9.17) is 4.74 Å². The zero-order valence-electron chi connectivity index (χ0n) is 18.2. The van der Waals surface area contributed by atoms with Crippen LogP contribution in [0, 0.1) is 5.82 Å². The first-order chi connectivity index (χ1) is 16.4. The van der Waals surface area contributed by atoms with Crippen molar-refractivity contribution in [3.05, 3.63) is 48.4 Å². The highest BCUT2D eigenvalue weighted by molar-refractivity contribution is 5.99. The zero-order valence-corrected chi connectivity index (χ0v) is 18.2. The SMILES string of the molecule is Oc1cc(-c2ncc3c(O)nc(OC[C@@]45CCCN4C[C@H](F)C5)nc3c2F)c2ccccc2c1. The fourth-order valence-electron chi connectivity index (χ4n) is 5.41. The average Bonchev–Trinajstić information content (AvgIpc) is 3.33. The van der Waals surface area contributed by atoms with Crippen molar-refractivity contribution in [1.29, 1.82) is 0 Å². The first-order valence-electron chi connectivity index (χ1n) is 11.2. The summed E-state index contributed by atoms with van der Waals surface area (Å²) in [5.41, 5.74) is -0.178. The molecule has 34 heavy (non-hydrogen) atoms. The molecule has 2 aliphatic heterocycles. The molecule has 0 unspecified atom stereocenters. The van der Waals surface area contributed by atoms with Crippen molar-refractivity contribution in [3.8, 4) is 28.9 Å². The van der Waals surface area contributed by atoms with Gasteiger partial charge in [-0.15, -0.1) is 0 Å². The minimum absolute atomic E-state index is 0.0136. The van der Waals surface area contributed by atoms with Crippen LogP contribution in [0.2, 0.25) is 0 Å². The maximum absolute atomic E-state index is 15.7. The van der Waals surface area contributed by atoms with Gasteiger partial charge in [-0.3, -0.25) is 9.88 Å². The lowest BCUT2D eigenvalue weighted by Crippen LogP contribution is -2.43. The molecule has 0 saturated carbocycles. The first kappa shape index (κ1) is 21.0. The first-order valence-corrected chi connectivity index (χ1v) is 11.2. The van der Waals surface area contributed by atoms with Crippen LogP contribution < -0.4 is 4.74 Å². The van der Waals surface area contributed by atoms with Crippen LogP contribution in [0.3, 0.4) is 0 Å². The third kappa shape index (κ3) is 3.30. The number of halogens is 2. The normalized spacial score (nSPS) is 22.5. The van der Waals surface area contributed by atoms with Crippen molar-refractivity contribution in [1.82, 2.24) is 19.9 Å². The quantitative estimate of drug-likeness (QED) is 0.464. The van der Waals surface area contributed by atoms with Gasteiger partial charge < -0.3 is 14.9 Å². The van der Waals surface area contributed by atoms with Gasteiger partial charge in [0.2, 0.25) is 5.88 Å². The Balaban J connectivity index is 1.41. The number of fused-ring (bicyclic) bond motifs is 3. The van der Waals surface area contributed by atoms with Gasteiger partial charge in [0.05, 0.1) is 10.9 Å². The number of rotatable bonds is 4. The van der Waals surface area contributed by atoms with E-state index in [1.807, 2.05) is 24.3 Å². The van der Waals surface area contributed by atoms with Crippen molar-refractivity contribution in [2.24, 2.45) is 0 Å². The molecular weight excluding hydrogens is 442 g/mol. The van der Waals surface area contributed by atoms with Gasteiger partial charge >= 0.3 is 6.01 Å². The fraction of sp³-hybridized carbons (Fsp3) is 0.320. The number of benzene rings is 2. The second-order valence-corrected chi connectivity index (χ2v) is 9.09. The minimum atomic E-state index is -0.905. The molecule has 2 atom stereocenters. The van der Waals surface area contributed by atoms with Crippen LogP contribution in [0.25, 0.3) is 32.9 Å². The molecule has 0 radical (unpaired) electrons. The maximum atomic E-state index is 15.7. The molecule has 174 valence electrons. The lowest BCUT2D eigenvalue weighted by Gasteiger charge is -2.30. The summed E-state index contributed by atoms with van der Waals surface area (Å²) in [5, 5.41) is 22.1. The summed E-state index contributed by atoms with van der Waals surface area (Å²) in [7, 11) is 0. The summed E-state index contributed by atoms with van der Waals surface area (Å²) in [6, 6.07) is 10.1. The number of hydrogen-bond donors (Lipinski definition) is 2. The Hall–Kier alpha value is -3.59.